The Hall–Kier alpha value is -0.0800. The second kappa shape index (κ2) is 5.27. The summed E-state index contributed by atoms with van der Waals surface area (Å²) >= 11 is 9.88. The molecule has 17 heavy (non-hydrogen) atoms. The summed E-state index contributed by atoms with van der Waals surface area (Å²) in [6.07, 6.45) is 5.99. The van der Waals surface area contributed by atoms with E-state index in [4.69, 9.17) is 11.6 Å². The molecule has 0 radical (unpaired) electrons. The highest BCUT2D eigenvalue weighted by Crippen LogP contribution is 2.53. The highest BCUT2D eigenvalue weighted by molar-refractivity contribution is 9.10. The maximum atomic E-state index is 13.2. The van der Waals surface area contributed by atoms with Crippen molar-refractivity contribution in [3.05, 3.63) is 34.1 Å². The number of hydrogen-bond acceptors (Lipinski definition) is 0. The van der Waals surface area contributed by atoms with Crippen molar-refractivity contribution >= 4 is 27.5 Å². The molecule has 0 spiro atoms. The van der Waals surface area contributed by atoms with Crippen molar-refractivity contribution in [1.29, 1.82) is 0 Å². The lowest BCUT2D eigenvalue weighted by molar-refractivity contribution is 0.271. The Kier molecular flexibility index (Phi) is 4.14. The summed E-state index contributed by atoms with van der Waals surface area (Å²) in [7, 11) is 0. The minimum Gasteiger partial charge on any atom is -0.206 e. The second-order valence-corrected chi connectivity index (χ2v) is 6.25. The molecular weight excluding hydrogens is 303 g/mol. The number of alkyl halides is 1. The van der Waals surface area contributed by atoms with Crippen LogP contribution in [0.25, 0.3) is 0 Å². The first-order valence-electron chi connectivity index (χ1n) is 6.18. The van der Waals surface area contributed by atoms with E-state index >= 15 is 0 Å². The highest BCUT2D eigenvalue weighted by Gasteiger charge is 2.39. The zero-order chi connectivity index (χ0) is 12.5. The van der Waals surface area contributed by atoms with Crippen LogP contribution in [0, 0.1) is 11.2 Å². The van der Waals surface area contributed by atoms with Crippen molar-refractivity contribution in [3.8, 4) is 0 Å². The minimum atomic E-state index is -0.227. The molecule has 1 atom stereocenters. The zero-order valence-corrected chi connectivity index (χ0v) is 12.3. The predicted octanol–water partition coefficient (Wildman–Crippen LogP) is 5.84. The van der Waals surface area contributed by atoms with Crippen LogP contribution < -0.4 is 0 Å². The SMILES string of the molecule is CCC1(C(Cl)c2ccc(F)c(Br)c2)CCCC1. The first kappa shape index (κ1) is 13.4. The molecule has 1 aliphatic carbocycles. The fourth-order valence-corrected chi connectivity index (χ4v) is 3.79. The number of rotatable bonds is 3. The van der Waals surface area contributed by atoms with Gasteiger partial charge in [-0.15, -0.1) is 11.6 Å². The van der Waals surface area contributed by atoms with Crippen molar-refractivity contribution in [3.63, 3.8) is 0 Å². The molecule has 0 amide bonds. The van der Waals surface area contributed by atoms with E-state index in [0.29, 0.717) is 4.47 Å². The van der Waals surface area contributed by atoms with Gasteiger partial charge in [0.15, 0.2) is 0 Å². The fraction of sp³-hybridized carbons (Fsp3) is 0.571. The number of halogens is 3. The van der Waals surface area contributed by atoms with Gasteiger partial charge < -0.3 is 0 Å². The van der Waals surface area contributed by atoms with E-state index in [2.05, 4.69) is 22.9 Å². The van der Waals surface area contributed by atoms with E-state index in [9.17, 15) is 4.39 Å². The van der Waals surface area contributed by atoms with Crippen LogP contribution in [0.4, 0.5) is 4.39 Å². The zero-order valence-electron chi connectivity index (χ0n) is 9.98. The van der Waals surface area contributed by atoms with Gasteiger partial charge >= 0.3 is 0 Å². The molecule has 1 unspecified atom stereocenters. The van der Waals surface area contributed by atoms with E-state index in [0.717, 1.165) is 12.0 Å². The first-order valence-corrected chi connectivity index (χ1v) is 7.41. The third-order valence-electron chi connectivity index (χ3n) is 4.08. The Bertz CT molecular complexity index is 399. The van der Waals surface area contributed by atoms with Crippen LogP contribution in [0.1, 0.15) is 50.0 Å². The molecule has 0 N–H and O–H groups in total. The molecular formula is C14H17BrClF. The molecule has 0 saturated heterocycles. The van der Waals surface area contributed by atoms with Gasteiger partial charge in [0.25, 0.3) is 0 Å². The summed E-state index contributed by atoms with van der Waals surface area (Å²) in [5, 5.41) is -0.00750. The van der Waals surface area contributed by atoms with Crippen LogP contribution in [0.15, 0.2) is 22.7 Å². The summed E-state index contributed by atoms with van der Waals surface area (Å²) < 4.78 is 13.7. The van der Waals surface area contributed by atoms with Crippen LogP contribution in [0.5, 0.6) is 0 Å². The molecule has 0 nitrogen and oxygen atoms in total. The molecule has 0 aliphatic heterocycles. The predicted molar refractivity (Wildman–Crippen MR) is 73.9 cm³/mol. The minimum absolute atomic E-state index is 0.00750. The Morgan fingerprint density at radius 1 is 1.41 bits per heavy atom. The molecule has 1 fully saturated rings. The van der Waals surface area contributed by atoms with Crippen molar-refractivity contribution in [2.75, 3.05) is 0 Å². The molecule has 2 rings (SSSR count). The Morgan fingerprint density at radius 3 is 2.59 bits per heavy atom. The molecule has 0 heterocycles. The molecule has 0 aromatic heterocycles. The summed E-state index contributed by atoms with van der Waals surface area (Å²) in [4.78, 5) is 0. The smallest absolute Gasteiger partial charge is 0.137 e. The van der Waals surface area contributed by atoms with Gasteiger partial charge in [0.05, 0.1) is 9.85 Å². The quantitative estimate of drug-likeness (QED) is 0.614. The largest absolute Gasteiger partial charge is 0.206 e. The van der Waals surface area contributed by atoms with Gasteiger partial charge in [0, 0.05) is 0 Å². The standard InChI is InChI=1S/C14H17BrClF/c1-2-14(7-3-4-8-14)13(16)10-5-6-12(17)11(15)9-10/h5-6,9,13H,2-4,7-8H2,1H3. The maximum absolute atomic E-state index is 13.2. The summed E-state index contributed by atoms with van der Waals surface area (Å²) in [5.41, 5.74) is 1.24. The van der Waals surface area contributed by atoms with Gasteiger partial charge in [0.2, 0.25) is 0 Å². The first-order chi connectivity index (χ1) is 8.09. The van der Waals surface area contributed by atoms with Gasteiger partial charge in [-0.05, 0) is 58.3 Å². The molecule has 3 heteroatoms. The third-order valence-corrected chi connectivity index (χ3v) is 5.40. The van der Waals surface area contributed by atoms with Gasteiger partial charge in [-0.3, -0.25) is 0 Å². The summed E-state index contributed by atoms with van der Waals surface area (Å²) in [6.45, 7) is 2.21. The maximum Gasteiger partial charge on any atom is 0.137 e. The van der Waals surface area contributed by atoms with Crippen LogP contribution in [0.2, 0.25) is 0 Å². The monoisotopic (exact) mass is 318 g/mol. The van der Waals surface area contributed by atoms with Gasteiger partial charge in [-0.25, -0.2) is 4.39 Å². The molecule has 94 valence electrons. The van der Waals surface area contributed by atoms with E-state index < -0.39 is 0 Å². The van der Waals surface area contributed by atoms with Crippen molar-refractivity contribution in [2.24, 2.45) is 5.41 Å². The number of benzene rings is 1. The van der Waals surface area contributed by atoms with Crippen molar-refractivity contribution in [2.45, 2.75) is 44.4 Å². The van der Waals surface area contributed by atoms with E-state index in [1.54, 1.807) is 0 Å². The molecule has 1 aliphatic rings. The van der Waals surface area contributed by atoms with E-state index in [1.165, 1.54) is 31.7 Å². The summed E-state index contributed by atoms with van der Waals surface area (Å²) in [5.74, 6) is -0.227. The Morgan fingerprint density at radius 2 is 2.06 bits per heavy atom. The van der Waals surface area contributed by atoms with Crippen LogP contribution in [-0.2, 0) is 0 Å². The van der Waals surface area contributed by atoms with E-state index in [1.807, 2.05) is 12.1 Å². The highest BCUT2D eigenvalue weighted by atomic mass is 79.9. The van der Waals surface area contributed by atoms with Gasteiger partial charge in [-0.2, -0.15) is 0 Å². The van der Waals surface area contributed by atoms with Crippen LogP contribution >= 0.6 is 27.5 Å². The average molecular weight is 320 g/mol. The van der Waals surface area contributed by atoms with Gasteiger partial charge in [-0.1, -0.05) is 25.8 Å². The average Bonchev–Trinajstić information content (AvgIpc) is 2.81. The lowest BCUT2D eigenvalue weighted by Gasteiger charge is -2.33. The van der Waals surface area contributed by atoms with Crippen LogP contribution in [0.3, 0.4) is 0 Å². The Labute approximate surface area is 116 Å². The topological polar surface area (TPSA) is 0 Å². The fourth-order valence-electron chi connectivity index (χ4n) is 2.89. The normalized spacial score (nSPS) is 20.5. The molecule has 0 bridgehead atoms. The van der Waals surface area contributed by atoms with Crippen molar-refractivity contribution < 1.29 is 4.39 Å². The van der Waals surface area contributed by atoms with E-state index in [-0.39, 0.29) is 16.6 Å². The Balaban J connectivity index is 2.29. The number of hydrogen-bond donors (Lipinski definition) is 0. The van der Waals surface area contributed by atoms with Crippen molar-refractivity contribution in [1.82, 2.24) is 0 Å². The van der Waals surface area contributed by atoms with Gasteiger partial charge in [0.1, 0.15) is 5.82 Å². The third kappa shape index (κ3) is 2.53. The molecule has 1 aromatic carbocycles. The van der Waals surface area contributed by atoms with Crippen LogP contribution in [-0.4, -0.2) is 0 Å². The lowest BCUT2D eigenvalue weighted by Crippen LogP contribution is -2.21. The summed E-state index contributed by atoms with van der Waals surface area (Å²) in [6, 6.07) is 5.13. The lowest BCUT2D eigenvalue weighted by atomic mass is 9.77. The molecule has 1 aromatic rings. The molecule has 1 saturated carbocycles. The second-order valence-electron chi connectivity index (χ2n) is 4.96.